The zero-order chi connectivity index (χ0) is 22.5. The van der Waals surface area contributed by atoms with Gasteiger partial charge in [-0.05, 0) is 26.1 Å². The smallest absolute Gasteiger partial charge is 0.475 e. The predicted molar refractivity (Wildman–Crippen MR) is 104 cm³/mol. The summed E-state index contributed by atoms with van der Waals surface area (Å²) in [5.74, 6) is -1.97. The maximum absolute atomic E-state index is 12.4. The van der Waals surface area contributed by atoms with Crippen molar-refractivity contribution in [2.75, 3.05) is 45.3 Å². The Labute approximate surface area is 177 Å². The lowest BCUT2D eigenvalue weighted by atomic mass is 9.90. The first-order chi connectivity index (χ1) is 14.0. The zero-order valence-corrected chi connectivity index (χ0v) is 17.9. The minimum absolute atomic E-state index is 0.0869. The van der Waals surface area contributed by atoms with Crippen molar-refractivity contribution in [2.45, 2.75) is 49.5 Å². The van der Waals surface area contributed by atoms with E-state index in [4.69, 9.17) is 14.6 Å². The van der Waals surface area contributed by atoms with Crippen LogP contribution in [0.5, 0.6) is 0 Å². The summed E-state index contributed by atoms with van der Waals surface area (Å²) >= 11 is 1.55. The number of nitrogens with zero attached hydrogens (tertiary/aromatic N) is 2. The van der Waals surface area contributed by atoms with Crippen LogP contribution in [0.4, 0.5) is 13.2 Å². The van der Waals surface area contributed by atoms with Crippen LogP contribution in [0, 0.1) is 0 Å². The number of amides is 2. The van der Waals surface area contributed by atoms with E-state index in [2.05, 4.69) is 10.2 Å². The van der Waals surface area contributed by atoms with Gasteiger partial charge in [0.25, 0.3) is 0 Å². The summed E-state index contributed by atoms with van der Waals surface area (Å²) in [7, 11) is 1.98. The fourth-order valence-electron chi connectivity index (χ4n) is 3.87. The van der Waals surface area contributed by atoms with Crippen molar-refractivity contribution in [3.05, 3.63) is 0 Å². The molecular formula is C18H28F3N3O5S. The second-order valence-corrected chi connectivity index (χ2v) is 8.77. The van der Waals surface area contributed by atoms with E-state index < -0.39 is 12.1 Å². The van der Waals surface area contributed by atoms with Crippen molar-refractivity contribution in [1.29, 1.82) is 0 Å². The summed E-state index contributed by atoms with van der Waals surface area (Å²) in [6.07, 6.45) is 1.47. The largest absolute Gasteiger partial charge is 0.490 e. The lowest BCUT2D eigenvalue weighted by molar-refractivity contribution is -0.200. The van der Waals surface area contributed by atoms with Gasteiger partial charge in [0.2, 0.25) is 11.8 Å². The predicted octanol–water partition coefficient (Wildman–Crippen LogP) is 0.953. The lowest BCUT2D eigenvalue weighted by Crippen LogP contribution is -2.73. The molecule has 2 saturated heterocycles. The van der Waals surface area contributed by atoms with E-state index in [0.29, 0.717) is 38.0 Å². The van der Waals surface area contributed by atoms with E-state index in [1.165, 1.54) is 12.8 Å². The molecule has 2 heterocycles. The number of hydrogen-bond acceptors (Lipinski definition) is 6. The van der Waals surface area contributed by atoms with Gasteiger partial charge in [0.15, 0.2) is 0 Å². The Kier molecular flexibility index (Phi) is 8.40. The Bertz CT molecular complexity index is 637. The summed E-state index contributed by atoms with van der Waals surface area (Å²) in [6, 6.07) is 0.132. The maximum Gasteiger partial charge on any atom is 0.490 e. The number of aliphatic carboxylic acids is 1. The van der Waals surface area contributed by atoms with Gasteiger partial charge in [0, 0.05) is 12.6 Å². The highest BCUT2D eigenvalue weighted by molar-refractivity contribution is 7.99. The molecule has 12 heteroatoms. The van der Waals surface area contributed by atoms with E-state index in [1.807, 2.05) is 18.2 Å². The molecule has 0 aromatic rings. The van der Waals surface area contributed by atoms with Gasteiger partial charge < -0.3 is 20.1 Å². The van der Waals surface area contributed by atoms with Crippen molar-refractivity contribution in [3.8, 4) is 0 Å². The molecule has 3 fully saturated rings. The van der Waals surface area contributed by atoms with Crippen LogP contribution in [0.15, 0.2) is 0 Å². The highest BCUT2D eigenvalue weighted by Crippen LogP contribution is 2.31. The molecule has 1 spiro atoms. The number of ether oxygens (including phenoxy) is 1. The number of halogens is 3. The van der Waals surface area contributed by atoms with Crippen LogP contribution in [-0.4, -0.2) is 102 Å². The van der Waals surface area contributed by atoms with Gasteiger partial charge in [-0.15, -0.1) is 0 Å². The Morgan fingerprint density at radius 3 is 2.23 bits per heavy atom. The van der Waals surface area contributed by atoms with Gasteiger partial charge in [-0.1, -0.05) is 12.8 Å². The number of carbonyl (C=O) groups excluding carboxylic acids is 2. The molecule has 172 valence electrons. The van der Waals surface area contributed by atoms with E-state index in [1.54, 1.807) is 11.8 Å². The third kappa shape index (κ3) is 6.48. The van der Waals surface area contributed by atoms with Gasteiger partial charge in [-0.25, -0.2) is 4.79 Å². The standard InChI is InChI=1S/C16H27N3O3S.C2HF3O2/c1-18-9-16(10-19(11-16)14(20)8-23-2)22-7-13(18)15(21)17-12-5-3-4-6-12;3-2(4,5)1(6)7/h12-13H,3-11H2,1-2H3,(H,17,21);(H,6,7). The number of likely N-dealkylation sites (N-methyl/N-ethyl adjacent to an activating group) is 1. The number of likely N-dealkylation sites (tertiary alicyclic amines) is 1. The summed E-state index contributed by atoms with van der Waals surface area (Å²) in [5.41, 5.74) is -0.271. The van der Waals surface area contributed by atoms with Gasteiger partial charge in [-0.2, -0.15) is 24.9 Å². The van der Waals surface area contributed by atoms with E-state index >= 15 is 0 Å². The van der Waals surface area contributed by atoms with E-state index in [-0.39, 0.29) is 23.5 Å². The Hall–Kier alpha value is -1.53. The average Bonchev–Trinajstić information content (AvgIpc) is 3.12. The molecule has 3 rings (SSSR count). The van der Waals surface area contributed by atoms with Crippen molar-refractivity contribution >= 4 is 29.5 Å². The highest BCUT2D eigenvalue weighted by Gasteiger charge is 2.51. The lowest BCUT2D eigenvalue weighted by Gasteiger charge is -2.54. The van der Waals surface area contributed by atoms with Crippen LogP contribution in [0.25, 0.3) is 0 Å². The summed E-state index contributed by atoms with van der Waals surface area (Å²) in [4.78, 5) is 37.1. The average molecular weight is 455 g/mol. The highest BCUT2D eigenvalue weighted by atomic mass is 32.2. The van der Waals surface area contributed by atoms with Crippen molar-refractivity contribution in [1.82, 2.24) is 15.1 Å². The fraction of sp³-hybridized carbons (Fsp3) is 0.833. The van der Waals surface area contributed by atoms with Crippen LogP contribution in [0.3, 0.4) is 0 Å². The maximum atomic E-state index is 12.4. The van der Waals surface area contributed by atoms with Gasteiger partial charge in [-0.3, -0.25) is 14.5 Å². The summed E-state index contributed by atoms with van der Waals surface area (Å²) in [6.45, 7) is 2.42. The topological polar surface area (TPSA) is 99.2 Å². The van der Waals surface area contributed by atoms with Crippen LogP contribution in [0.2, 0.25) is 0 Å². The van der Waals surface area contributed by atoms with Crippen LogP contribution < -0.4 is 5.32 Å². The number of thioether (sulfide) groups is 1. The van der Waals surface area contributed by atoms with Crippen LogP contribution in [0.1, 0.15) is 25.7 Å². The second-order valence-electron chi connectivity index (χ2n) is 7.90. The molecule has 0 radical (unpaired) electrons. The van der Waals surface area contributed by atoms with Crippen LogP contribution >= 0.6 is 11.8 Å². The fourth-order valence-corrected chi connectivity index (χ4v) is 4.30. The monoisotopic (exact) mass is 455 g/mol. The number of carbonyl (C=O) groups is 3. The number of morpholine rings is 1. The molecule has 30 heavy (non-hydrogen) atoms. The van der Waals surface area contributed by atoms with Gasteiger partial charge in [0.1, 0.15) is 11.6 Å². The number of carboxylic acids is 1. The van der Waals surface area contributed by atoms with Crippen LogP contribution in [-0.2, 0) is 19.1 Å². The molecular weight excluding hydrogens is 427 g/mol. The molecule has 1 atom stereocenters. The summed E-state index contributed by atoms with van der Waals surface area (Å²) in [5, 5.41) is 10.3. The molecule has 0 aromatic carbocycles. The number of rotatable bonds is 4. The Balaban J connectivity index is 0.000000396. The molecule has 1 unspecified atom stereocenters. The summed E-state index contributed by atoms with van der Waals surface area (Å²) < 4.78 is 37.8. The first-order valence-corrected chi connectivity index (χ1v) is 11.1. The third-order valence-corrected chi connectivity index (χ3v) is 5.98. The van der Waals surface area contributed by atoms with Crippen molar-refractivity contribution in [2.24, 2.45) is 0 Å². The number of hydrogen-bond donors (Lipinski definition) is 2. The molecule has 8 nitrogen and oxygen atoms in total. The molecule has 0 bridgehead atoms. The number of alkyl halides is 3. The molecule has 1 aliphatic carbocycles. The zero-order valence-electron chi connectivity index (χ0n) is 17.0. The first kappa shape index (κ1) is 24.7. The molecule has 1 saturated carbocycles. The molecule has 2 N–H and O–H groups in total. The van der Waals surface area contributed by atoms with Crippen molar-refractivity contribution < 1.29 is 37.4 Å². The molecule has 3 aliphatic rings. The third-order valence-electron chi connectivity index (χ3n) is 5.44. The minimum Gasteiger partial charge on any atom is -0.475 e. The van der Waals surface area contributed by atoms with E-state index in [9.17, 15) is 22.8 Å². The second kappa shape index (κ2) is 10.2. The van der Waals surface area contributed by atoms with Gasteiger partial charge >= 0.3 is 12.1 Å². The van der Waals surface area contributed by atoms with E-state index in [0.717, 1.165) is 12.8 Å². The quantitative estimate of drug-likeness (QED) is 0.651. The molecule has 0 aromatic heterocycles. The van der Waals surface area contributed by atoms with Crippen molar-refractivity contribution in [3.63, 3.8) is 0 Å². The first-order valence-electron chi connectivity index (χ1n) is 9.69. The normalized spacial score (nSPS) is 24.0. The molecule has 2 amide bonds. The van der Waals surface area contributed by atoms with Gasteiger partial charge in [0.05, 0.1) is 25.4 Å². The Morgan fingerprint density at radius 1 is 1.20 bits per heavy atom. The molecule has 2 aliphatic heterocycles. The number of nitrogens with one attached hydrogen (secondary N) is 1. The number of carboxylic acid groups (broad SMARTS) is 1. The SMILES string of the molecule is CSCC(=O)N1CC2(C1)CN(C)C(C(=O)NC1CCCC1)CO2.O=C(O)C(F)(F)F. The Morgan fingerprint density at radius 2 is 1.77 bits per heavy atom. The minimum atomic E-state index is -5.08.